The van der Waals surface area contributed by atoms with Gasteiger partial charge < -0.3 is 5.11 Å². The van der Waals surface area contributed by atoms with Gasteiger partial charge in [-0.25, -0.2) is 4.39 Å². The maximum atomic E-state index is 13.0. The van der Waals surface area contributed by atoms with E-state index in [-0.39, 0.29) is 5.82 Å². The Morgan fingerprint density at radius 3 is 2.60 bits per heavy atom. The molecule has 15 heavy (non-hydrogen) atoms. The lowest BCUT2D eigenvalue weighted by atomic mass is 9.83. The van der Waals surface area contributed by atoms with Crippen LogP contribution in [0.1, 0.15) is 43.8 Å². The lowest BCUT2D eigenvalue weighted by Gasteiger charge is -2.26. The summed E-state index contributed by atoms with van der Waals surface area (Å²) < 4.78 is 13.0. The van der Waals surface area contributed by atoms with Crippen LogP contribution in [0, 0.1) is 11.7 Å². The molecule has 0 saturated heterocycles. The third-order valence-electron chi connectivity index (χ3n) is 3.29. The van der Waals surface area contributed by atoms with Crippen LogP contribution in [0.25, 0.3) is 0 Å². The molecule has 0 aliphatic heterocycles. The molecule has 0 heterocycles. The molecule has 0 radical (unpaired) electrons. The van der Waals surface area contributed by atoms with Crippen LogP contribution in [0.3, 0.4) is 0 Å². The zero-order chi connectivity index (χ0) is 10.7. The summed E-state index contributed by atoms with van der Waals surface area (Å²) in [5, 5.41) is 10.1. The molecular formula is C13H17FO. The summed E-state index contributed by atoms with van der Waals surface area (Å²) in [6.45, 7) is 0. The summed E-state index contributed by atoms with van der Waals surface area (Å²) in [7, 11) is 0. The normalized spacial score (nSPS) is 20.1. The van der Waals surface area contributed by atoms with E-state index < -0.39 is 6.10 Å². The van der Waals surface area contributed by atoms with Gasteiger partial charge in [0.05, 0.1) is 6.10 Å². The lowest BCUT2D eigenvalue weighted by molar-refractivity contribution is 0.0846. The molecule has 0 bridgehead atoms. The van der Waals surface area contributed by atoms with Crippen LogP contribution in [0.2, 0.25) is 0 Å². The standard InChI is InChI=1S/C13H17FO/c14-12-8-4-7-11(9-12)13(15)10-5-2-1-3-6-10/h4,7-10,13,15H,1-3,5-6H2. The molecule has 1 atom stereocenters. The van der Waals surface area contributed by atoms with E-state index in [0.717, 1.165) is 18.4 Å². The van der Waals surface area contributed by atoms with Crippen LogP contribution in [0.15, 0.2) is 24.3 Å². The molecule has 1 aliphatic carbocycles. The van der Waals surface area contributed by atoms with Gasteiger partial charge in [-0.3, -0.25) is 0 Å². The molecule has 1 fully saturated rings. The van der Waals surface area contributed by atoms with Crippen molar-refractivity contribution in [2.75, 3.05) is 0 Å². The number of hydrogen-bond acceptors (Lipinski definition) is 1. The Bertz CT molecular complexity index is 318. The van der Waals surface area contributed by atoms with Crippen molar-refractivity contribution in [3.63, 3.8) is 0 Å². The van der Waals surface area contributed by atoms with Crippen molar-refractivity contribution in [2.24, 2.45) is 5.92 Å². The summed E-state index contributed by atoms with van der Waals surface area (Å²) in [5.74, 6) is 0.0582. The van der Waals surface area contributed by atoms with Crippen molar-refractivity contribution in [1.82, 2.24) is 0 Å². The van der Waals surface area contributed by atoms with Crippen LogP contribution < -0.4 is 0 Å². The van der Waals surface area contributed by atoms with Crippen molar-refractivity contribution in [3.8, 4) is 0 Å². The first-order valence-corrected chi connectivity index (χ1v) is 5.71. The summed E-state index contributed by atoms with van der Waals surface area (Å²) in [6, 6.07) is 6.33. The molecule has 1 unspecified atom stereocenters. The highest BCUT2D eigenvalue weighted by molar-refractivity contribution is 5.19. The fourth-order valence-corrected chi connectivity index (χ4v) is 2.41. The van der Waals surface area contributed by atoms with Gasteiger partial charge in [0.25, 0.3) is 0 Å². The first-order valence-electron chi connectivity index (χ1n) is 5.71. The summed E-state index contributed by atoms with van der Waals surface area (Å²) in [4.78, 5) is 0. The molecule has 1 aromatic rings. The third-order valence-corrected chi connectivity index (χ3v) is 3.29. The van der Waals surface area contributed by atoms with Crippen LogP contribution in [-0.2, 0) is 0 Å². The largest absolute Gasteiger partial charge is 0.388 e. The highest BCUT2D eigenvalue weighted by Gasteiger charge is 2.22. The fraction of sp³-hybridized carbons (Fsp3) is 0.538. The van der Waals surface area contributed by atoms with Crippen molar-refractivity contribution >= 4 is 0 Å². The van der Waals surface area contributed by atoms with Gasteiger partial charge in [0.1, 0.15) is 5.82 Å². The highest BCUT2D eigenvalue weighted by atomic mass is 19.1. The molecule has 0 aromatic heterocycles. The fourth-order valence-electron chi connectivity index (χ4n) is 2.41. The van der Waals surface area contributed by atoms with Gasteiger partial charge in [-0.15, -0.1) is 0 Å². The molecule has 1 aliphatic rings. The smallest absolute Gasteiger partial charge is 0.123 e. The molecule has 2 heteroatoms. The predicted molar refractivity (Wildman–Crippen MR) is 57.9 cm³/mol. The van der Waals surface area contributed by atoms with E-state index in [1.807, 2.05) is 6.07 Å². The molecule has 1 N–H and O–H groups in total. The minimum Gasteiger partial charge on any atom is -0.388 e. The number of benzene rings is 1. The Kier molecular flexibility index (Phi) is 3.37. The third kappa shape index (κ3) is 2.57. The average molecular weight is 208 g/mol. The van der Waals surface area contributed by atoms with Gasteiger partial charge in [-0.1, -0.05) is 31.4 Å². The lowest BCUT2D eigenvalue weighted by Crippen LogP contribution is -2.15. The van der Waals surface area contributed by atoms with Crippen LogP contribution >= 0.6 is 0 Å². The Morgan fingerprint density at radius 2 is 1.93 bits per heavy atom. The van der Waals surface area contributed by atoms with Gasteiger partial charge in [0, 0.05) is 0 Å². The van der Waals surface area contributed by atoms with E-state index in [4.69, 9.17) is 0 Å². The zero-order valence-electron chi connectivity index (χ0n) is 8.82. The number of aliphatic hydroxyl groups is 1. The van der Waals surface area contributed by atoms with Crippen LogP contribution in [0.5, 0.6) is 0 Å². The number of halogens is 1. The topological polar surface area (TPSA) is 20.2 Å². The van der Waals surface area contributed by atoms with E-state index in [1.165, 1.54) is 31.4 Å². The SMILES string of the molecule is OC(c1cccc(F)c1)C1CCCCC1. The monoisotopic (exact) mass is 208 g/mol. The van der Waals surface area contributed by atoms with Gasteiger partial charge in [0.15, 0.2) is 0 Å². The van der Waals surface area contributed by atoms with Gasteiger partial charge in [-0.2, -0.15) is 0 Å². The van der Waals surface area contributed by atoms with E-state index in [0.29, 0.717) is 5.92 Å². The zero-order valence-corrected chi connectivity index (χ0v) is 8.82. The van der Waals surface area contributed by atoms with Gasteiger partial charge >= 0.3 is 0 Å². The van der Waals surface area contributed by atoms with E-state index in [2.05, 4.69) is 0 Å². The van der Waals surface area contributed by atoms with E-state index >= 15 is 0 Å². The van der Waals surface area contributed by atoms with Gasteiger partial charge in [-0.05, 0) is 36.5 Å². The molecule has 1 nitrogen and oxygen atoms in total. The van der Waals surface area contributed by atoms with Crippen LogP contribution in [-0.4, -0.2) is 5.11 Å². The second kappa shape index (κ2) is 4.75. The molecular weight excluding hydrogens is 191 g/mol. The molecule has 0 amide bonds. The number of hydrogen-bond donors (Lipinski definition) is 1. The maximum Gasteiger partial charge on any atom is 0.123 e. The van der Waals surface area contributed by atoms with Crippen molar-refractivity contribution < 1.29 is 9.50 Å². The minimum atomic E-state index is -0.485. The Labute approximate surface area is 89.9 Å². The van der Waals surface area contributed by atoms with Crippen molar-refractivity contribution in [1.29, 1.82) is 0 Å². The quantitative estimate of drug-likeness (QED) is 0.789. The first-order chi connectivity index (χ1) is 7.27. The molecule has 1 aromatic carbocycles. The Hall–Kier alpha value is -0.890. The Morgan fingerprint density at radius 1 is 1.20 bits per heavy atom. The second-order valence-corrected chi connectivity index (χ2v) is 4.40. The highest BCUT2D eigenvalue weighted by Crippen LogP contribution is 2.34. The second-order valence-electron chi connectivity index (χ2n) is 4.40. The maximum absolute atomic E-state index is 13.0. The average Bonchev–Trinajstić information content (AvgIpc) is 2.29. The Balaban J connectivity index is 2.08. The van der Waals surface area contributed by atoms with Crippen molar-refractivity contribution in [3.05, 3.63) is 35.6 Å². The summed E-state index contributed by atoms with van der Waals surface area (Å²) in [5.41, 5.74) is 0.724. The van der Waals surface area contributed by atoms with Gasteiger partial charge in [0.2, 0.25) is 0 Å². The predicted octanol–water partition coefficient (Wildman–Crippen LogP) is 3.44. The number of aliphatic hydroxyl groups excluding tert-OH is 1. The molecule has 0 spiro atoms. The minimum absolute atomic E-state index is 0.262. The first kappa shape index (κ1) is 10.6. The molecule has 1 saturated carbocycles. The summed E-state index contributed by atoms with van der Waals surface area (Å²) >= 11 is 0. The number of rotatable bonds is 2. The summed E-state index contributed by atoms with van der Waals surface area (Å²) in [6.07, 6.45) is 5.30. The van der Waals surface area contributed by atoms with Crippen molar-refractivity contribution in [2.45, 2.75) is 38.2 Å². The molecule has 82 valence electrons. The van der Waals surface area contributed by atoms with E-state index in [9.17, 15) is 9.50 Å². The van der Waals surface area contributed by atoms with E-state index in [1.54, 1.807) is 6.07 Å². The molecule has 2 rings (SSSR count). The van der Waals surface area contributed by atoms with Crippen LogP contribution in [0.4, 0.5) is 4.39 Å².